The Morgan fingerprint density at radius 1 is 1.22 bits per heavy atom. The Morgan fingerprint density at radius 2 is 1.91 bits per heavy atom. The lowest BCUT2D eigenvalue weighted by molar-refractivity contribution is -0.123. The third kappa shape index (κ3) is 4.38. The van der Waals surface area contributed by atoms with Gasteiger partial charge in [0.1, 0.15) is 5.82 Å². The summed E-state index contributed by atoms with van der Waals surface area (Å²) in [4.78, 5) is 23.8. The number of ether oxygens (including phenoxy) is 1. The van der Waals surface area contributed by atoms with E-state index in [4.69, 9.17) is 10.00 Å². The van der Waals surface area contributed by atoms with Gasteiger partial charge in [0.15, 0.2) is 6.10 Å². The van der Waals surface area contributed by atoms with Crippen LogP contribution in [-0.4, -0.2) is 18.0 Å². The van der Waals surface area contributed by atoms with Crippen LogP contribution >= 0.6 is 0 Å². The molecular formula is C17H13FN2O3. The van der Waals surface area contributed by atoms with Gasteiger partial charge in [0.2, 0.25) is 0 Å². The fourth-order valence-electron chi connectivity index (χ4n) is 1.77. The molecule has 0 heterocycles. The first-order chi connectivity index (χ1) is 11.0. The number of carbonyl (C=O) groups excluding carboxylic acids is 2. The SMILES string of the molecule is C[C@@H](OC(=O)c1cccc(F)c1)C(=O)Nc1ccc(C#N)cc1. The maximum atomic E-state index is 13.1. The van der Waals surface area contributed by atoms with Crippen LogP contribution in [0.3, 0.4) is 0 Å². The largest absolute Gasteiger partial charge is 0.449 e. The summed E-state index contributed by atoms with van der Waals surface area (Å²) < 4.78 is 18.1. The van der Waals surface area contributed by atoms with E-state index in [0.717, 1.165) is 6.07 Å². The molecule has 0 unspecified atom stereocenters. The van der Waals surface area contributed by atoms with Crippen molar-refractivity contribution >= 4 is 17.6 Å². The average molecular weight is 312 g/mol. The third-order valence-corrected chi connectivity index (χ3v) is 2.99. The van der Waals surface area contributed by atoms with Crippen LogP contribution < -0.4 is 5.32 Å². The summed E-state index contributed by atoms with van der Waals surface area (Å²) in [6, 6.07) is 13.2. The Hall–Kier alpha value is -3.20. The number of anilines is 1. The Morgan fingerprint density at radius 3 is 2.52 bits per heavy atom. The molecule has 0 aliphatic rings. The molecule has 0 saturated carbocycles. The highest BCUT2D eigenvalue weighted by Crippen LogP contribution is 2.11. The van der Waals surface area contributed by atoms with E-state index in [1.54, 1.807) is 24.3 Å². The normalized spacial score (nSPS) is 11.2. The lowest BCUT2D eigenvalue weighted by atomic mass is 10.2. The molecule has 2 aromatic rings. The van der Waals surface area contributed by atoms with E-state index in [1.807, 2.05) is 6.07 Å². The summed E-state index contributed by atoms with van der Waals surface area (Å²) in [7, 11) is 0. The summed E-state index contributed by atoms with van der Waals surface area (Å²) in [5.74, 6) is -1.87. The van der Waals surface area contributed by atoms with E-state index < -0.39 is 23.8 Å². The zero-order valence-electron chi connectivity index (χ0n) is 12.2. The molecule has 6 heteroatoms. The summed E-state index contributed by atoms with van der Waals surface area (Å²) in [5.41, 5.74) is 0.972. The van der Waals surface area contributed by atoms with Crippen molar-refractivity contribution in [3.63, 3.8) is 0 Å². The number of nitrogens with one attached hydrogen (secondary N) is 1. The highest BCUT2D eigenvalue weighted by molar-refractivity contribution is 5.97. The summed E-state index contributed by atoms with van der Waals surface area (Å²) in [6.45, 7) is 1.41. The van der Waals surface area contributed by atoms with Crippen LogP contribution in [0.1, 0.15) is 22.8 Å². The minimum atomic E-state index is -1.05. The van der Waals surface area contributed by atoms with Gasteiger partial charge in [-0.25, -0.2) is 9.18 Å². The van der Waals surface area contributed by atoms with Crippen LogP contribution in [-0.2, 0) is 9.53 Å². The third-order valence-electron chi connectivity index (χ3n) is 2.99. The van der Waals surface area contributed by atoms with Crippen LogP contribution in [0.4, 0.5) is 10.1 Å². The molecule has 0 saturated heterocycles. The topological polar surface area (TPSA) is 79.2 Å². The lowest BCUT2D eigenvalue weighted by Crippen LogP contribution is -2.30. The van der Waals surface area contributed by atoms with Crippen LogP contribution in [0, 0.1) is 17.1 Å². The number of amides is 1. The minimum absolute atomic E-state index is 0.0306. The summed E-state index contributed by atoms with van der Waals surface area (Å²) >= 11 is 0. The number of hydrogen-bond donors (Lipinski definition) is 1. The molecule has 1 N–H and O–H groups in total. The van der Waals surface area contributed by atoms with Gasteiger partial charge in [0.25, 0.3) is 5.91 Å². The molecule has 1 amide bonds. The minimum Gasteiger partial charge on any atom is -0.449 e. The predicted molar refractivity (Wildman–Crippen MR) is 81.1 cm³/mol. The summed E-state index contributed by atoms with van der Waals surface area (Å²) in [5, 5.41) is 11.3. The number of esters is 1. The van der Waals surface area contributed by atoms with E-state index in [1.165, 1.54) is 25.1 Å². The molecule has 0 bridgehead atoms. The first-order valence-corrected chi connectivity index (χ1v) is 6.77. The van der Waals surface area contributed by atoms with Crippen molar-refractivity contribution in [2.24, 2.45) is 0 Å². The molecule has 0 aromatic heterocycles. The number of nitriles is 1. The van der Waals surface area contributed by atoms with Crippen molar-refractivity contribution in [2.45, 2.75) is 13.0 Å². The molecule has 2 rings (SSSR count). The van der Waals surface area contributed by atoms with E-state index >= 15 is 0 Å². The molecule has 0 aliphatic heterocycles. The molecular weight excluding hydrogens is 299 g/mol. The zero-order valence-corrected chi connectivity index (χ0v) is 12.2. The van der Waals surface area contributed by atoms with E-state index in [2.05, 4.69) is 5.32 Å². The highest BCUT2D eigenvalue weighted by atomic mass is 19.1. The van der Waals surface area contributed by atoms with Crippen LogP contribution in [0.2, 0.25) is 0 Å². The van der Waals surface area contributed by atoms with Crippen LogP contribution in [0.5, 0.6) is 0 Å². The highest BCUT2D eigenvalue weighted by Gasteiger charge is 2.19. The number of rotatable bonds is 4. The molecule has 0 spiro atoms. The first-order valence-electron chi connectivity index (χ1n) is 6.77. The molecule has 23 heavy (non-hydrogen) atoms. The second-order valence-electron chi connectivity index (χ2n) is 4.74. The molecule has 1 atom stereocenters. The average Bonchev–Trinajstić information content (AvgIpc) is 2.55. The molecule has 5 nitrogen and oxygen atoms in total. The standard InChI is InChI=1S/C17H13FN2O3/c1-11(23-17(22)13-3-2-4-14(18)9-13)16(21)20-15-7-5-12(10-19)6-8-15/h2-9,11H,1H3,(H,20,21)/t11-/m1/s1. The van der Waals surface area contributed by atoms with Crippen molar-refractivity contribution in [3.8, 4) is 6.07 Å². The van der Waals surface area contributed by atoms with E-state index in [0.29, 0.717) is 11.3 Å². The van der Waals surface area contributed by atoms with Gasteiger partial charge in [-0.15, -0.1) is 0 Å². The number of carbonyl (C=O) groups is 2. The predicted octanol–water partition coefficient (Wildman–Crippen LogP) is 2.88. The molecule has 0 aliphatic carbocycles. The van der Waals surface area contributed by atoms with Gasteiger partial charge in [-0.1, -0.05) is 6.07 Å². The second-order valence-corrected chi connectivity index (χ2v) is 4.74. The molecule has 2 aromatic carbocycles. The summed E-state index contributed by atoms with van der Waals surface area (Å²) in [6.07, 6.45) is -1.05. The maximum absolute atomic E-state index is 13.1. The van der Waals surface area contributed by atoms with Crippen molar-refractivity contribution < 1.29 is 18.7 Å². The van der Waals surface area contributed by atoms with Crippen molar-refractivity contribution in [1.29, 1.82) is 5.26 Å². The quantitative estimate of drug-likeness (QED) is 0.880. The Kier molecular flexibility index (Phi) is 5.05. The van der Waals surface area contributed by atoms with Crippen molar-refractivity contribution in [2.75, 3.05) is 5.32 Å². The Labute approximate surface area is 132 Å². The van der Waals surface area contributed by atoms with Gasteiger partial charge in [0.05, 0.1) is 17.2 Å². The van der Waals surface area contributed by atoms with Crippen LogP contribution in [0.25, 0.3) is 0 Å². The van der Waals surface area contributed by atoms with Gasteiger partial charge in [-0.3, -0.25) is 4.79 Å². The molecule has 0 radical (unpaired) electrons. The molecule has 0 fully saturated rings. The van der Waals surface area contributed by atoms with Gasteiger partial charge in [0, 0.05) is 5.69 Å². The monoisotopic (exact) mass is 312 g/mol. The Balaban J connectivity index is 1.96. The number of hydrogen-bond acceptors (Lipinski definition) is 4. The number of nitrogens with zero attached hydrogens (tertiary/aromatic N) is 1. The van der Waals surface area contributed by atoms with Gasteiger partial charge in [-0.2, -0.15) is 5.26 Å². The van der Waals surface area contributed by atoms with Crippen molar-refractivity contribution in [1.82, 2.24) is 0 Å². The van der Waals surface area contributed by atoms with Gasteiger partial charge >= 0.3 is 5.97 Å². The lowest BCUT2D eigenvalue weighted by Gasteiger charge is -2.13. The first kappa shape index (κ1) is 16.2. The van der Waals surface area contributed by atoms with Gasteiger partial charge < -0.3 is 10.1 Å². The zero-order chi connectivity index (χ0) is 16.8. The smallest absolute Gasteiger partial charge is 0.339 e. The number of halogens is 1. The number of benzene rings is 2. The Bertz CT molecular complexity index is 766. The second kappa shape index (κ2) is 7.18. The van der Waals surface area contributed by atoms with Crippen LogP contribution in [0.15, 0.2) is 48.5 Å². The maximum Gasteiger partial charge on any atom is 0.339 e. The fraction of sp³-hybridized carbons (Fsp3) is 0.118. The van der Waals surface area contributed by atoms with Gasteiger partial charge in [-0.05, 0) is 49.4 Å². The fourth-order valence-corrected chi connectivity index (χ4v) is 1.77. The molecule has 116 valence electrons. The van der Waals surface area contributed by atoms with E-state index in [-0.39, 0.29) is 5.56 Å². The van der Waals surface area contributed by atoms with Crippen molar-refractivity contribution in [3.05, 3.63) is 65.5 Å². The van der Waals surface area contributed by atoms with E-state index in [9.17, 15) is 14.0 Å².